The molecule has 2 saturated heterocycles. The Hall–Kier alpha value is -5.17. The number of hydrogen-bond donors (Lipinski definition) is 3. The standard InChI is InChI=1S/C24H29N5O.C21H26N6/c1-16(30)6-7-17-4-2-5-19(10-17)21-14-29(24-22(21)23(25)26-15-27-24)20-11-18(12-20)13-28-8-3-9-28;22-10-14-3-1-4-16(7-14)18-12-27(21-19(18)20(23)24-13-25-21)17-8-15(9-17)11-26-5-2-6-26/h2,4-5,10,14-15,18,20H,3,6-9,11-13H2,1H3,(H2,25,26,27);1,3-4,7,12-13,15,17H,2,5-6,8-11,22H2,(H2,23,24,25). The number of aryl methyl sites for hydroxylation is 1. The molecule has 0 bridgehead atoms. The molecule has 4 aliphatic rings. The van der Waals surface area contributed by atoms with Crippen LogP contribution in [-0.2, 0) is 17.8 Å². The Morgan fingerprint density at radius 3 is 1.60 bits per heavy atom. The van der Waals surface area contributed by atoms with Gasteiger partial charge in [0, 0.05) is 61.7 Å². The molecule has 0 spiro atoms. The van der Waals surface area contributed by atoms with Crippen LogP contribution in [0.25, 0.3) is 44.3 Å². The second-order valence-corrected chi connectivity index (χ2v) is 16.9. The first-order valence-corrected chi connectivity index (χ1v) is 20.9. The van der Waals surface area contributed by atoms with Crippen molar-refractivity contribution in [1.82, 2.24) is 38.9 Å². The highest BCUT2D eigenvalue weighted by Crippen LogP contribution is 2.45. The van der Waals surface area contributed by atoms with Crippen molar-refractivity contribution in [1.29, 1.82) is 0 Å². The van der Waals surface area contributed by atoms with Gasteiger partial charge in [0.05, 0.1) is 10.8 Å². The van der Waals surface area contributed by atoms with E-state index in [0.29, 0.717) is 36.7 Å². The molecule has 12 heteroatoms. The Morgan fingerprint density at radius 1 is 0.684 bits per heavy atom. The Morgan fingerprint density at radius 2 is 1.16 bits per heavy atom. The van der Waals surface area contributed by atoms with E-state index in [1.807, 2.05) is 6.07 Å². The monoisotopic (exact) mass is 765 g/mol. The summed E-state index contributed by atoms with van der Waals surface area (Å²) in [7, 11) is 0. The summed E-state index contributed by atoms with van der Waals surface area (Å²) in [5.74, 6) is 2.87. The van der Waals surface area contributed by atoms with Crippen LogP contribution in [0.4, 0.5) is 11.6 Å². The second-order valence-electron chi connectivity index (χ2n) is 16.9. The van der Waals surface area contributed by atoms with Gasteiger partial charge in [-0.25, -0.2) is 19.9 Å². The molecule has 2 aliphatic heterocycles. The van der Waals surface area contributed by atoms with Crippen LogP contribution in [0.3, 0.4) is 0 Å². The average molecular weight is 766 g/mol. The van der Waals surface area contributed by atoms with Crippen molar-refractivity contribution >= 4 is 39.5 Å². The maximum Gasteiger partial charge on any atom is 0.146 e. The summed E-state index contributed by atoms with van der Waals surface area (Å²) in [6.07, 6.45) is 16.4. The number of ketones is 1. The quantitative estimate of drug-likeness (QED) is 0.123. The number of carbonyl (C=O) groups is 1. The highest BCUT2D eigenvalue weighted by Gasteiger charge is 2.36. The van der Waals surface area contributed by atoms with Crippen LogP contribution in [0.2, 0.25) is 0 Å². The molecule has 296 valence electrons. The van der Waals surface area contributed by atoms with Crippen molar-refractivity contribution in [2.24, 2.45) is 17.6 Å². The molecule has 12 nitrogen and oxygen atoms in total. The van der Waals surface area contributed by atoms with Gasteiger partial charge in [0.15, 0.2) is 0 Å². The molecule has 0 unspecified atom stereocenters. The molecule has 10 rings (SSSR count). The number of fused-ring (bicyclic) bond motifs is 2. The molecule has 0 radical (unpaired) electrons. The summed E-state index contributed by atoms with van der Waals surface area (Å²) in [5.41, 5.74) is 27.0. The molecular weight excluding hydrogens is 711 g/mol. The predicted molar refractivity (Wildman–Crippen MR) is 227 cm³/mol. The fourth-order valence-electron chi connectivity index (χ4n) is 9.30. The van der Waals surface area contributed by atoms with Crippen LogP contribution in [0.5, 0.6) is 0 Å². The maximum absolute atomic E-state index is 11.4. The number of aromatic nitrogens is 6. The van der Waals surface area contributed by atoms with Crippen LogP contribution < -0.4 is 17.2 Å². The second kappa shape index (κ2) is 16.0. The lowest BCUT2D eigenvalue weighted by Crippen LogP contribution is -2.43. The van der Waals surface area contributed by atoms with Crippen molar-refractivity contribution in [2.75, 3.05) is 50.7 Å². The number of nitrogens with two attached hydrogens (primary N) is 3. The van der Waals surface area contributed by atoms with Gasteiger partial charge in [0.2, 0.25) is 0 Å². The van der Waals surface area contributed by atoms with E-state index in [-0.39, 0.29) is 5.78 Å². The number of likely N-dealkylation sites (tertiary alicyclic amines) is 2. The topological polar surface area (TPSA) is 163 Å². The van der Waals surface area contributed by atoms with Crippen LogP contribution in [0, 0.1) is 11.8 Å². The van der Waals surface area contributed by atoms with Crippen LogP contribution in [0.1, 0.15) is 75.1 Å². The molecule has 0 atom stereocenters. The fourth-order valence-corrected chi connectivity index (χ4v) is 9.30. The molecular formula is C45H55N11O. The SMILES string of the molecule is CC(=O)CCc1cccc(-c2cn(C3CC(CN4CCC4)C3)c3ncnc(N)c23)c1.NCc1cccc(-c2cn(C3CC(CN4CCC4)C3)c3ncnc(N)c23)c1. The number of nitrogen functional groups attached to an aromatic ring is 2. The zero-order valence-electron chi connectivity index (χ0n) is 33.1. The molecule has 0 amide bonds. The predicted octanol–water partition coefficient (Wildman–Crippen LogP) is 6.65. The van der Waals surface area contributed by atoms with Gasteiger partial charge in [0.25, 0.3) is 0 Å². The third-order valence-electron chi connectivity index (χ3n) is 12.9. The Labute approximate surface area is 334 Å². The molecule has 6 heterocycles. The first-order valence-electron chi connectivity index (χ1n) is 20.9. The third kappa shape index (κ3) is 7.65. The molecule has 2 aliphatic carbocycles. The Bertz CT molecular complexity index is 2380. The maximum atomic E-state index is 11.4. The highest BCUT2D eigenvalue weighted by molar-refractivity contribution is 6.01. The van der Waals surface area contributed by atoms with E-state index >= 15 is 0 Å². The Balaban J connectivity index is 0.000000149. The minimum absolute atomic E-state index is 0.215. The number of rotatable bonds is 12. The number of anilines is 2. The lowest BCUT2D eigenvalue weighted by molar-refractivity contribution is -0.116. The van der Waals surface area contributed by atoms with Gasteiger partial charge in [-0.1, -0.05) is 42.5 Å². The first kappa shape index (κ1) is 37.4. The minimum Gasteiger partial charge on any atom is -0.383 e. The van der Waals surface area contributed by atoms with Crippen LogP contribution in [0.15, 0.2) is 73.6 Å². The largest absolute Gasteiger partial charge is 0.383 e. The van der Waals surface area contributed by atoms with Crippen molar-refractivity contribution in [3.05, 3.63) is 84.7 Å². The van der Waals surface area contributed by atoms with Gasteiger partial charge in [0.1, 0.15) is 41.4 Å². The fraction of sp³-hybridized carbons (Fsp3) is 0.444. The van der Waals surface area contributed by atoms with E-state index < -0.39 is 0 Å². The van der Waals surface area contributed by atoms with Crippen molar-refractivity contribution in [3.63, 3.8) is 0 Å². The molecule has 4 fully saturated rings. The van der Waals surface area contributed by atoms with Gasteiger partial charge in [-0.3, -0.25) is 0 Å². The molecule has 57 heavy (non-hydrogen) atoms. The van der Waals surface area contributed by atoms with E-state index in [4.69, 9.17) is 17.2 Å². The highest BCUT2D eigenvalue weighted by atomic mass is 16.1. The first-order chi connectivity index (χ1) is 27.8. The number of benzene rings is 2. The number of carbonyl (C=O) groups excluding carboxylic acids is 1. The van der Waals surface area contributed by atoms with Crippen molar-refractivity contribution < 1.29 is 4.79 Å². The third-order valence-corrected chi connectivity index (χ3v) is 12.9. The molecule has 4 aromatic heterocycles. The smallest absolute Gasteiger partial charge is 0.146 e. The molecule has 6 aromatic rings. The van der Waals surface area contributed by atoms with Gasteiger partial charge in [-0.05, 0) is 118 Å². The van der Waals surface area contributed by atoms with Crippen molar-refractivity contribution in [3.8, 4) is 22.3 Å². The van der Waals surface area contributed by atoms with Crippen molar-refractivity contribution in [2.45, 2.75) is 76.9 Å². The van der Waals surface area contributed by atoms with Crippen LogP contribution in [-0.4, -0.2) is 83.9 Å². The number of nitrogens with zero attached hydrogens (tertiary/aromatic N) is 8. The van der Waals surface area contributed by atoms with Gasteiger partial charge < -0.3 is 40.9 Å². The van der Waals surface area contributed by atoms with Gasteiger partial charge >= 0.3 is 0 Å². The van der Waals surface area contributed by atoms with E-state index in [1.54, 1.807) is 19.6 Å². The zero-order chi connectivity index (χ0) is 39.0. The van der Waals surface area contributed by atoms with Gasteiger partial charge in [-0.15, -0.1) is 0 Å². The number of Topliss-reactive ketones (excluding diaryl/α,β-unsaturated/α-hetero) is 1. The number of hydrogen-bond acceptors (Lipinski definition) is 10. The Kier molecular flexibility index (Phi) is 10.5. The minimum atomic E-state index is 0.215. The average Bonchev–Trinajstić information content (AvgIpc) is 3.73. The van der Waals surface area contributed by atoms with E-state index in [2.05, 4.69) is 93.7 Å². The summed E-state index contributed by atoms with van der Waals surface area (Å²) in [6, 6.07) is 17.7. The normalized spacial score (nSPS) is 21.9. The van der Waals surface area contributed by atoms with Crippen LogP contribution >= 0.6 is 0 Å². The van der Waals surface area contributed by atoms with E-state index in [1.165, 1.54) is 77.8 Å². The summed E-state index contributed by atoms with van der Waals surface area (Å²) in [6.45, 7) is 9.74. The summed E-state index contributed by atoms with van der Waals surface area (Å²) >= 11 is 0. The van der Waals surface area contributed by atoms with E-state index in [9.17, 15) is 4.79 Å². The van der Waals surface area contributed by atoms with Gasteiger partial charge in [-0.2, -0.15) is 0 Å². The summed E-state index contributed by atoms with van der Waals surface area (Å²) in [4.78, 5) is 34.2. The lowest BCUT2D eigenvalue weighted by atomic mass is 9.79. The summed E-state index contributed by atoms with van der Waals surface area (Å²) < 4.78 is 4.64. The molecule has 2 aromatic carbocycles. The van der Waals surface area contributed by atoms with E-state index in [0.717, 1.165) is 73.7 Å². The molecule has 2 saturated carbocycles. The molecule has 6 N–H and O–H groups in total. The summed E-state index contributed by atoms with van der Waals surface area (Å²) in [5, 5.41) is 1.89. The lowest BCUT2D eigenvalue weighted by Gasteiger charge is -2.42. The zero-order valence-corrected chi connectivity index (χ0v) is 33.1.